The van der Waals surface area contributed by atoms with Gasteiger partial charge in [-0.05, 0) is 73.6 Å². The van der Waals surface area contributed by atoms with Gasteiger partial charge in [0.25, 0.3) is 0 Å². The van der Waals surface area contributed by atoms with Crippen molar-refractivity contribution in [3.63, 3.8) is 0 Å². The van der Waals surface area contributed by atoms with E-state index in [1.54, 1.807) is 0 Å². The summed E-state index contributed by atoms with van der Waals surface area (Å²) in [7, 11) is -3.30. The Morgan fingerprint density at radius 3 is 2.40 bits per heavy atom. The van der Waals surface area contributed by atoms with Gasteiger partial charge < -0.3 is 4.90 Å². The Morgan fingerprint density at radius 1 is 1.17 bits per heavy atom. The minimum absolute atomic E-state index is 0.163. The molecule has 0 spiro atoms. The minimum Gasteiger partial charge on any atom is -0.363 e. The molecule has 0 amide bonds. The third kappa shape index (κ3) is 5.33. The lowest BCUT2D eigenvalue weighted by atomic mass is 9.93. The molecular weight excluding hydrogens is 418 g/mol. The first-order valence-corrected chi connectivity index (χ1v) is 11.9. The lowest BCUT2D eigenvalue weighted by Crippen LogP contribution is -2.24. The van der Waals surface area contributed by atoms with Crippen LogP contribution in [0.4, 0.5) is 17.6 Å². The molecular formula is C22H25F4NO2S. The summed E-state index contributed by atoms with van der Waals surface area (Å²) < 4.78 is 75.4. The number of halogens is 4. The molecule has 0 saturated heterocycles. The molecule has 0 fully saturated rings. The van der Waals surface area contributed by atoms with Crippen molar-refractivity contribution in [2.45, 2.75) is 44.8 Å². The highest BCUT2D eigenvalue weighted by Gasteiger charge is 2.33. The zero-order valence-electron chi connectivity index (χ0n) is 17.0. The van der Waals surface area contributed by atoms with Crippen LogP contribution < -0.4 is 0 Å². The molecule has 0 unspecified atom stereocenters. The van der Waals surface area contributed by atoms with E-state index in [2.05, 4.69) is 4.90 Å². The highest BCUT2D eigenvalue weighted by Crippen LogP contribution is 2.43. The number of nitrogens with zero attached hydrogens (tertiary/aromatic N) is 1. The predicted molar refractivity (Wildman–Crippen MR) is 109 cm³/mol. The van der Waals surface area contributed by atoms with Crippen LogP contribution in [0.2, 0.25) is 0 Å². The molecule has 1 aromatic rings. The zero-order valence-corrected chi connectivity index (χ0v) is 17.8. The second-order valence-corrected chi connectivity index (χ2v) is 10.1. The summed E-state index contributed by atoms with van der Waals surface area (Å²) in [5.41, 5.74) is 3.07. The molecule has 8 heteroatoms. The first-order valence-electron chi connectivity index (χ1n) is 9.86. The molecule has 0 radical (unpaired) electrons. The van der Waals surface area contributed by atoms with Crippen molar-refractivity contribution in [2.24, 2.45) is 0 Å². The van der Waals surface area contributed by atoms with E-state index in [0.29, 0.717) is 6.54 Å². The van der Waals surface area contributed by atoms with E-state index in [1.165, 1.54) is 18.2 Å². The molecule has 30 heavy (non-hydrogen) atoms. The Kier molecular flexibility index (Phi) is 6.45. The monoisotopic (exact) mass is 443 g/mol. The van der Waals surface area contributed by atoms with Crippen LogP contribution in [0.15, 0.2) is 59.1 Å². The van der Waals surface area contributed by atoms with Crippen molar-refractivity contribution in [3.8, 4) is 0 Å². The largest absolute Gasteiger partial charge is 0.416 e. The second-order valence-electron chi connectivity index (χ2n) is 7.91. The molecule has 1 aliphatic heterocycles. The van der Waals surface area contributed by atoms with Crippen LogP contribution >= 0.6 is 0 Å². The average Bonchev–Trinajstić information content (AvgIpc) is 3.03. The Balaban J connectivity index is 1.86. The minimum atomic E-state index is -4.37. The Hall–Kier alpha value is -2.09. The number of sulfone groups is 1. The number of alkyl halides is 3. The van der Waals surface area contributed by atoms with Gasteiger partial charge in [0, 0.05) is 18.5 Å². The number of hydrogen-bond donors (Lipinski definition) is 0. The molecule has 1 atom stereocenters. The van der Waals surface area contributed by atoms with Gasteiger partial charge in [-0.25, -0.2) is 12.8 Å². The summed E-state index contributed by atoms with van der Waals surface area (Å²) >= 11 is 0. The van der Waals surface area contributed by atoms with Crippen molar-refractivity contribution in [1.29, 1.82) is 0 Å². The fraction of sp³-hybridized carbons (Fsp3) is 0.455. The van der Waals surface area contributed by atoms with Gasteiger partial charge in [-0.2, -0.15) is 13.2 Å². The van der Waals surface area contributed by atoms with Gasteiger partial charge in [0.05, 0.1) is 17.4 Å². The molecule has 3 nitrogen and oxygen atoms in total. The fourth-order valence-corrected chi connectivity index (χ4v) is 4.48. The van der Waals surface area contributed by atoms with Crippen LogP contribution in [-0.4, -0.2) is 31.9 Å². The van der Waals surface area contributed by atoms with E-state index in [-0.39, 0.29) is 11.8 Å². The van der Waals surface area contributed by atoms with Crippen LogP contribution in [0, 0.1) is 0 Å². The quantitative estimate of drug-likeness (QED) is 0.545. The lowest BCUT2D eigenvalue weighted by Gasteiger charge is -2.31. The Morgan fingerprint density at radius 2 is 1.80 bits per heavy atom. The molecule has 0 saturated carbocycles. The topological polar surface area (TPSA) is 37.4 Å². The number of hydrogen-bond acceptors (Lipinski definition) is 3. The highest BCUT2D eigenvalue weighted by molar-refractivity contribution is 7.90. The van der Waals surface area contributed by atoms with Crippen molar-refractivity contribution in [1.82, 2.24) is 4.90 Å². The smallest absolute Gasteiger partial charge is 0.363 e. The number of rotatable bonds is 5. The normalized spacial score (nSPS) is 20.7. The van der Waals surface area contributed by atoms with Gasteiger partial charge in [-0.1, -0.05) is 12.1 Å². The number of benzene rings is 1. The summed E-state index contributed by atoms with van der Waals surface area (Å²) in [5, 5.41) is 0. The molecule has 1 heterocycles. The molecule has 0 bridgehead atoms. The third-order valence-electron chi connectivity index (χ3n) is 5.59. The first kappa shape index (κ1) is 22.6. The summed E-state index contributed by atoms with van der Waals surface area (Å²) in [6.07, 6.45) is 2.79. The van der Waals surface area contributed by atoms with Crippen LogP contribution in [0.25, 0.3) is 0 Å². The summed E-state index contributed by atoms with van der Waals surface area (Å²) in [4.78, 5) is 2.12. The third-order valence-corrected chi connectivity index (χ3v) is 6.37. The van der Waals surface area contributed by atoms with Crippen LogP contribution in [-0.2, 0) is 16.0 Å². The summed E-state index contributed by atoms with van der Waals surface area (Å²) in [6, 6.07) is 4.99. The lowest BCUT2D eigenvalue weighted by molar-refractivity contribution is -0.137. The molecule has 3 rings (SSSR count). The average molecular weight is 444 g/mol. The number of allylic oxidation sites excluding steroid dienone is 3. The van der Waals surface area contributed by atoms with Crippen molar-refractivity contribution in [2.75, 3.05) is 18.6 Å². The van der Waals surface area contributed by atoms with Gasteiger partial charge in [0.1, 0.15) is 5.83 Å². The van der Waals surface area contributed by atoms with E-state index < -0.39 is 27.4 Å². The van der Waals surface area contributed by atoms with Gasteiger partial charge in [-0.3, -0.25) is 0 Å². The standard InChI is InChI=1S/C22H25F4NO2S/c1-15(16-7-9-18(10-8-16)22(24,25)26)27-14-17(20-5-3-4-6-21(20)27)13-19(23)11-12-30(2,28)29/h7-11,13,15H,3-6,12,14H2,1-2H3/b17-13+,19-11+/t15-/m0/s1. The molecule has 0 N–H and O–H groups in total. The molecule has 2 aliphatic rings. The van der Waals surface area contributed by atoms with E-state index in [1.807, 2.05) is 6.92 Å². The van der Waals surface area contributed by atoms with E-state index in [4.69, 9.17) is 0 Å². The van der Waals surface area contributed by atoms with Crippen molar-refractivity contribution in [3.05, 3.63) is 70.2 Å². The van der Waals surface area contributed by atoms with Crippen LogP contribution in [0.3, 0.4) is 0 Å². The maximum absolute atomic E-state index is 14.3. The predicted octanol–water partition coefficient (Wildman–Crippen LogP) is 5.73. The van der Waals surface area contributed by atoms with Gasteiger partial charge >= 0.3 is 6.18 Å². The van der Waals surface area contributed by atoms with E-state index in [0.717, 1.165) is 72.6 Å². The van der Waals surface area contributed by atoms with E-state index >= 15 is 0 Å². The van der Waals surface area contributed by atoms with Crippen LogP contribution in [0.5, 0.6) is 0 Å². The fourth-order valence-electron chi connectivity index (χ4n) is 4.02. The van der Waals surface area contributed by atoms with Gasteiger partial charge in [-0.15, -0.1) is 0 Å². The maximum Gasteiger partial charge on any atom is 0.416 e. The van der Waals surface area contributed by atoms with Gasteiger partial charge in [0.15, 0.2) is 9.84 Å². The first-order chi connectivity index (χ1) is 14.0. The van der Waals surface area contributed by atoms with Crippen molar-refractivity contribution >= 4 is 9.84 Å². The summed E-state index contributed by atoms with van der Waals surface area (Å²) in [5.74, 6) is -0.947. The molecule has 1 aliphatic carbocycles. The van der Waals surface area contributed by atoms with Gasteiger partial charge in [0.2, 0.25) is 0 Å². The maximum atomic E-state index is 14.3. The molecule has 164 valence electrons. The summed E-state index contributed by atoms with van der Waals surface area (Å²) in [6.45, 7) is 2.38. The van der Waals surface area contributed by atoms with Crippen molar-refractivity contribution < 1.29 is 26.0 Å². The molecule has 0 aromatic heterocycles. The SMILES string of the molecule is C[C@@H](c1ccc(C(F)(F)F)cc1)N1C/C(=C\C(F)=C/CS(C)(=O)=O)C2=C1CCCC2. The Labute approximate surface area is 174 Å². The Bertz CT molecular complexity index is 989. The zero-order chi connectivity index (χ0) is 22.1. The molecule has 1 aromatic carbocycles. The van der Waals surface area contributed by atoms with Crippen LogP contribution in [0.1, 0.15) is 49.8 Å². The van der Waals surface area contributed by atoms with E-state index in [9.17, 15) is 26.0 Å². The highest BCUT2D eigenvalue weighted by atomic mass is 32.2. The second kappa shape index (κ2) is 8.57.